The van der Waals surface area contributed by atoms with Crippen molar-refractivity contribution in [2.24, 2.45) is 5.92 Å². The van der Waals surface area contributed by atoms with Crippen LogP contribution in [-0.4, -0.2) is 73.7 Å². The Bertz CT molecular complexity index is 2340. The highest BCUT2D eigenvalue weighted by Gasteiger charge is 2.46. The number of amides is 5. The van der Waals surface area contributed by atoms with Crippen molar-refractivity contribution in [2.75, 3.05) is 11.9 Å². The summed E-state index contributed by atoms with van der Waals surface area (Å²) in [6.45, 7) is 6.77. The lowest BCUT2D eigenvalue weighted by Crippen LogP contribution is -2.53. The number of pyridine rings is 2. The van der Waals surface area contributed by atoms with E-state index in [4.69, 9.17) is 9.72 Å². The number of halogens is 1. The van der Waals surface area contributed by atoms with Crippen LogP contribution in [0.5, 0.6) is 0 Å². The molecule has 17 heteroatoms. The van der Waals surface area contributed by atoms with Crippen LogP contribution in [0.25, 0.3) is 22.3 Å². The Morgan fingerprint density at radius 3 is 2.39 bits per heavy atom. The Balaban J connectivity index is 1.04. The van der Waals surface area contributed by atoms with E-state index in [9.17, 15) is 38.7 Å². The molecule has 300 valence electrons. The van der Waals surface area contributed by atoms with Gasteiger partial charge in [-0.25, -0.2) is 14.2 Å². The summed E-state index contributed by atoms with van der Waals surface area (Å²) in [5, 5.41) is 19.9. The summed E-state index contributed by atoms with van der Waals surface area (Å²) < 4.78 is 22.7. The number of thioether (sulfide) groups is 1. The maximum absolute atomic E-state index is 16.0. The van der Waals surface area contributed by atoms with E-state index in [0.717, 1.165) is 16.0 Å². The molecule has 0 radical (unpaired) electrons. The summed E-state index contributed by atoms with van der Waals surface area (Å²) in [5.74, 6) is -3.32. The summed E-state index contributed by atoms with van der Waals surface area (Å²) in [5.41, 5.74) is 1.23. The maximum atomic E-state index is 16.0. The highest BCUT2D eigenvalue weighted by molar-refractivity contribution is 7.97. The number of unbranched alkanes of at least 4 members (excludes halogenated alkanes) is 2. The molecule has 5 amide bonds. The number of carbonyl (C=O) groups excluding carboxylic acids is 6. The van der Waals surface area contributed by atoms with Gasteiger partial charge in [0.25, 0.3) is 17.4 Å². The molecule has 4 aliphatic heterocycles. The largest absolute Gasteiger partial charge is 0.458 e. The topological polar surface area (TPSA) is 206 Å². The number of cyclic esters (lactones) is 1. The molecular formula is C40H43FN6O9S. The van der Waals surface area contributed by atoms with Crippen molar-refractivity contribution in [1.82, 2.24) is 25.1 Å². The van der Waals surface area contributed by atoms with Crippen molar-refractivity contribution in [3.8, 4) is 11.4 Å². The van der Waals surface area contributed by atoms with E-state index in [2.05, 4.69) is 16.0 Å². The van der Waals surface area contributed by atoms with Crippen LogP contribution in [-0.2, 0) is 63.8 Å². The molecule has 2 aromatic heterocycles. The minimum absolute atomic E-state index is 0.00202. The molecule has 0 fully saturated rings. The average Bonchev–Trinajstić information content (AvgIpc) is 3.71. The smallest absolute Gasteiger partial charge is 0.343 e. The van der Waals surface area contributed by atoms with E-state index >= 15 is 4.39 Å². The number of nitrogens with one attached hydrogen (secondary N) is 3. The van der Waals surface area contributed by atoms with Gasteiger partial charge in [0.15, 0.2) is 5.60 Å². The van der Waals surface area contributed by atoms with Crippen molar-refractivity contribution >= 4 is 63.9 Å². The third kappa shape index (κ3) is 7.11. The monoisotopic (exact) mass is 802 g/mol. The number of esters is 1. The predicted octanol–water partition coefficient (Wildman–Crippen LogP) is 3.03. The van der Waals surface area contributed by atoms with Crippen molar-refractivity contribution in [3.63, 3.8) is 0 Å². The molecule has 0 unspecified atom stereocenters. The molecular weight excluding hydrogens is 760 g/mol. The second-order valence-corrected chi connectivity index (χ2v) is 16.1. The van der Waals surface area contributed by atoms with Gasteiger partial charge in [-0.3, -0.25) is 33.7 Å². The first-order valence-electron chi connectivity index (χ1n) is 19.0. The van der Waals surface area contributed by atoms with Crippen molar-refractivity contribution < 1.29 is 43.0 Å². The number of aromatic nitrogens is 2. The van der Waals surface area contributed by atoms with Gasteiger partial charge in [0.05, 0.1) is 34.7 Å². The Hall–Kier alpha value is -5.42. The van der Waals surface area contributed by atoms with Crippen molar-refractivity contribution in [3.05, 3.63) is 68.3 Å². The summed E-state index contributed by atoms with van der Waals surface area (Å²) in [4.78, 5) is 95.3. The van der Waals surface area contributed by atoms with E-state index in [1.807, 2.05) is 0 Å². The number of anilines is 1. The standard InChI is InChI=1S/C40H43FN6O9S/c1-5-40(55)25-13-28-35-21(15-47(28)38(53)22(25)16-56-39(40)54)23-17-57-18-24-32(23)27(43-35)14-26(41)34(24)45-36(51)20(4)42-37(52)33(19(2)3)44-29(48)9-7-6-8-12-46-30(49)10-11-31(46)50/h10-11,13-14,19-20,33,55H,5-9,12,15-18H2,1-4H3,(H,42,52)(H,44,48)(H,45,51)/t20-,33-,40-/m0/s1. The third-order valence-corrected chi connectivity index (χ3v) is 12.1. The SMILES string of the molecule is CC[C@@]1(O)C(=O)OCc2c1cc1n(c2=O)Cc2c-1nc1cc(F)c(NC(=O)[C@H](C)NC(=O)[C@@H](NC(=O)CCCCCN3C(=O)C=CC3=O)C(C)C)c3c1c2CSC3. The summed E-state index contributed by atoms with van der Waals surface area (Å²) in [7, 11) is 0. The first-order chi connectivity index (χ1) is 27.1. The number of hydrogen-bond acceptors (Lipinski definition) is 11. The predicted molar refractivity (Wildman–Crippen MR) is 207 cm³/mol. The molecule has 7 rings (SSSR count). The van der Waals surface area contributed by atoms with Crippen LogP contribution in [0.1, 0.15) is 87.6 Å². The van der Waals surface area contributed by atoms with Gasteiger partial charge in [0.2, 0.25) is 17.7 Å². The van der Waals surface area contributed by atoms with Crippen LogP contribution in [0.3, 0.4) is 0 Å². The fourth-order valence-electron chi connectivity index (χ4n) is 7.85. The van der Waals surface area contributed by atoms with Crippen LogP contribution in [0.15, 0.2) is 29.1 Å². The second kappa shape index (κ2) is 15.5. The number of benzene rings is 1. The quantitative estimate of drug-likeness (QED) is 0.0879. The van der Waals surface area contributed by atoms with E-state index in [0.29, 0.717) is 58.6 Å². The summed E-state index contributed by atoms with van der Waals surface area (Å²) >= 11 is 1.51. The fourth-order valence-corrected chi connectivity index (χ4v) is 8.96. The molecule has 0 spiro atoms. The van der Waals surface area contributed by atoms with Gasteiger partial charge < -0.3 is 30.4 Å². The number of fused-ring (bicyclic) bond motifs is 5. The minimum Gasteiger partial charge on any atom is -0.458 e. The van der Waals surface area contributed by atoms with E-state index in [1.54, 1.807) is 26.8 Å². The molecule has 0 saturated heterocycles. The van der Waals surface area contributed by atoms with Crippen LogP contribution < -0.4 is 21.5 Å². The number of carbonyl (C=O) groups is 6. The number of nitrogens with zero attached hydrogens (tertiary/aromatic N) is 3. The molecule has 15 nitrogen and oxygen atoms in total. The van der Waals surface area contributed by atoms with Gasteiger partial charge in [0.1, 0.15) is 24.5 Å². The van der Waals surface area contributed by atoms with Crippen LogP contribution in [0.4, 0.5) is 10.1 Å². The molecule has 3 aromatic rings. The Kier molecular flexibility index (Phi) is 10.8. The highest BCUT2D eigenvalue weighted by Crippen LogP contribution is 2.46. The van der Waals surface area contributed by atoms with Crippen molar-refractivity contribution in [2.45, 2.75) is 102 Å². The lowest BCUT2D eigenvalue weighted by Gasteiger charge is -2.31. The minimum atomic E-state index is -1.99. The Labute approximate surface area is 330 Å². The van der Waals surface area contributed by atoms with Crippen LogP contribution in [0, 0.1) is 11.7 Å². The van der Waals surface area contributed by atoms with E-state index < -0.39 is 46.8 Å². The van der Waals surface area contributed by atoms with Gasteiger partial charge in [-0.1, -0.05) is 27.2 Å². The van der Waals surface area contributed by atoms with Crippen LogP contribution >= 0.6 is 11.8 Å². The molecule has 3 atom stereocenters. The normalized spacial score (nSPS) is 18.9. The van der Waals surface area contributed by atoms with Gasteiger partial charge in [-0.2, -0.15) is 11.8 Å². The lowest BCUT2D eigenvalue weighted by molar-refractivity contribution is -0.172. The first-order valence-corrected chi connectivity index (χ1v) is 20.2. The Morgan fingerprint density at radius 2 is 1.68 bits per heavy atom. The summed E-state index contributed by atoms with van der Waals surface area (Å²) in [6, 6.07) is 0.775. The molecule has 0 bridgehead atoms. The van der Waals surface area contributed by atoms with Crippen molar-refractivity contribution in [1.29, 1.82) is 0 Å². The van der Waals surface area contributed by atoms with Gasteiger partial charge in [-0.15, -0.1) is 0 Å². The molecule has 4 aliphatic rings. The fraction of sp³-hybridized carbons (Fsp3) is 0.450. The number of aliphatic hydroxyl groups is 1. The zero-order valence-corrected chi connectivity index (χ0v) is 32.8. The molecule has 57 heavy (non-hydrogen) atoms. The average molecular weight is 803 g/mol. The van der Waals surface area contributed by atoms with E-state index in [-0.39, 0.29) is 73.0 Å². The zero-order chi connectivity index (χ0) is 40.9. The van der Waals surface area contributed by atoms with Gasteiger partial charge >= 0.3 is 5.97 Å². The molecule has 4 N–H and O–H groups in total. The van der Waals surface area contributed by atoms with Gasteiger partial charge in [0, 0.05) is 59.2 Å². The number of rotatable bonds is 13. The number of ether oxygens (including phenoxy) is 1. The van der Waals surface area contributed by atoms with Crippen LogP contribution in [0.2, 0.25) is 0 Å². The second-order valence-electron chi connectivity index (χ2n) is 15.1. The zero-order valence-electron chi connectivity index (χ0n) is 32.0. The highest BCUT2D eigenvalue weighted by atomic mass is 32.2. The molecule has 0 aliphatic carbocycles. The first kappa shape index (κ1) is 39.8. The summed E-state index contributed by atoms with van der Waals surface area (Å²) in [6.07, 6.45) is 4.17. The number of hydrogen-bond donors (Lipinski definition) is 4. The maximum Gasteiger partial charge on any atom is 0.343 e. The lowest BCUT2D eigenvalue weighted by atomic mass is 9.86. The van der Waals surface area contributed by atoms with E-state index in [1.165, 1.54) is 41.5 Å². The number of imide groups is 1. The molecule has 1 aromatic carbocycles. The third-order valence-electron chi connectivity index (χ3n) is 11.1. The van der Waals surface area contributed by atoms with Gasteiger partial charge in [-0.05, 0) is 49.3 Å². The Morgan fingerprint density at radius 1 is 0.965 bits per heavy atom. The molecule has 0 saturated carbocycles. The molecule has 6 heterocycles.